The lowest BCUT2D eigenvalue weighted by Crippen LogP contribution is -2.38. The van der Waals surface area contributed by atoms with E-state index in [1.54, 1.807) is 0 Å². The third kappa shape index (κ3) is 4.06. The van der Waals surface area contributed by atoms with Gasteiger partial charge in [0.1, 0.15) is 0 Å². The molecule has 2 nitrogen and oxygen atoms in total. The largest absolute Gasteiger partial charge is 0.379 e. The Balaban J connectivity index is 2.23. The summed E-state index contributed by atoms with van der Waals surface area (Å²) in [6.45, 7) is 17.2. The maximum atomic E-state index is 5.36. The standard InChI is InChI=1S/C14H29NO/c1-13(2,3)14(4,5)7-6-8-15-9-11-16-12-10-15/h6-12H2,1-5H3. The van der Waals surface area contributed by atoms with Crippen molar-refractivity contribution in [3.05, 3.63) is 0 Å². The number of hydrogen-bond acceptors (Lipinski definition) is 2. The van der Waals surface area contributed by atoms with E-state index in [1.165, 1.54) is 19.4 Å². The van der Waals surface area contributed by atoms with E-state index in [1.807, 2.05) is 0 Å². The molecule has 1 heterocycles. The Labute approximate surface area is 101 Å². The summed E-state index contributed by atoms with van der Waals surface area (Å²) in [5, 5.41) is 0. The van der Waals surface area contributed by atoms with Crippen LogP contribution in [0.25, 0.3) is 0 Å². The van der Waals surface area contributed by atoms with Gasteiger partial charge in [-0.3, -0.25) is 4.90 Å². The van der Waals surface area contributed by atoms with Gasteiger partial charge < -0.3 is 4.74 Å². The van der Waals surface area contributed by atoms with Crippen LogP contribution in [-0.2, 0) is 4.74 Å². The first-order valence-electron chi connectivity index (χ1n) is 6.63. The Morgan fingerprint density at radius 1 is 1.00 bits per heavy atom. The Bertz CT molecular complexity index is 199. The molecule has 0 bridgehead atoms. The summed E-state index contributed by atoms with van der Waals surface area (Å²) in [7, 11) is 0. The average Bonchev–Trinajstić information content (AvgIpc) is 2.17. The van der Waals surface area contributed by atoms with Crippen molar-refractivity contribution in [2.24, 2.45) is 10.8 Å². The van der Waals surface area contributed by atoms with Crippen LogP contribution in [0.15, 0.2) is 0 Å². The van der Waals surface area contributed by atoms with Crippen LogP contribution in [0.3, 0.4) is 0 Å². The topological polar surface area (TPSA) is 12.5 Å². The van der Waals surface area contributed by atoms with E-state index >= 15 is 0 Å². The molecule has 0 aromatic carbocycles. The van der Waals surface area contributed by atoms with Gasteiger partial charge in [-0.25, -0.2) is 0 Å². The molecule has 0 atom stereocenters. The Kier molecular flexibility index (Phi) is 4.81. The molecule has 1 aliphatic heterocycles. The third-order valence-corrected chi connectivity index (χ3v) is 4.41. The van der Waals surface area contributed by atoms with Crippen molar-refractivity contribution in [1.82, 2.24) is 4.90 Å². The van der Waals surface area contributed by atoms with E-state index < -0.39 is 0 Å². The van der Waals surface area contributed by atoms with Crippen LogP contribution in [0.4, 0.5) is 0 Å². The van der Waals surface area contributed by atoms with Crippen LogP contribution in [0, 0.1) is 10.8 Å². The summed E-state index contributed by atoms with van der Waals surface area (Å²) in [5.74, 6) is 0. The maximum Gasteiger partial charge on any atom is 0.0594 e. The number of morpholine rings is 1. The van der Waals surface area contributed by atoms with Crippen LogP contribution in [-0.4, -0.2) is 37.7 Å². The molecule has 0 saturated carbocycles. The van der Waals surface area contributed by atoms with Crippen LogP contribution in [0.5, 0.6) is 0 Å². The van der Waals surface area contributed by atoms with Crippen LogP contribution in [0.2, 0.25) is 0 Å². The highest BCUT2D eigenvalue weighted by atomic mass is 16.5. The van der Waals surface area contributed by atoms with Gasteiger partial charge in [0.15, 0.2) is 0 Å². The average molecular weight is 227 g/mol. The zero-order valence-corrected chi connectivity index (χ0v) is 11.8. The van der Waals surface area contributed by atoms with E-state index in [0.717, 1.165) is 26.3 Å². The molecule has 2 heteroatoms. The monoisotopic (exact) mass is 227 g/mol. The van der Waals surface area contributed by atoms with Gasteiger partial charge in [0.25, 0.3) is 0 Å². The minimum atomic E-state index is 0.401. The first-order valence-corrected chi connectivity index (χ1v) is 6.63. The number of nitrogens with zero attached hydrogens (tertiary/aromatic N) is 1. The lowest BCUT2D eigenvalue weighted by atomic mass is 9.67. The van der Waals surface area contributed by atoms with Gasteiger partial charge in [-0.1, -0.05) is 34.6 Å². The fourth-order valence-corrected chi connectivity index (χ4v) is 1.94. The molecule has 0 aliphatic carbocycles. The summed E-state index contributed by atoms with van der Waals surface area (Å²) < 4.78 is 5.36. The molecule has 1 saturated heterocycles. The van der Waals surface area contributed by atoms with Crippen molar-refractivity contribution in [3.8, 4) is 0 Å². The van der Waals surface area contributed by atoms with E-state index in [2.05, 4.69) is 39.5 Å². The molecule has 0 aromatic rings. The summed E-state index contributed by atoms with van der Waals surface area (Å²) in [6.07, 6.45) is 2.62. The van der Waals surface area contributed by atoms with E-state index in [-0.39, 0.29) is 0 Å². The number of rotatable bonds is 4. The smallest absolute Gasteiger partial charge is 0.0594 e. The highest BCUT2D eigenvalue weighted by Crippen LogP contribution is 2.41. The Hall–Kier alpha value is -0.0800. The van der Waals surface area contributed by atoms with E-state index in [0.29, 0.717) is 10.8 Å². The fraction of sp³-hybridized carbons (Fsp3) is 1.00. The van der Waals surface area contributed by atoms with Crippen LogP contribution >= 0.6 is 0 Å². The number of hydrogen-bond donors (Lipinski definition) is 0. The molecule has 0 amide bonds. The molecule has 1 rings (SSSR count). The molecule has 1 aliphatic rings. The summed E-state index contributed by atoms with van der Waals surface area (Å²) in [5.41, 5.74) is 0.831. The van der Waals surface area contributed by atoms with Gasteiger partial charge >= 0.3 is 0 Å². The first kappa shape index (κ1) is 14.0. The molecule has 1 fully saturated rings. The van der Waals surface area contributed by atoms with Gasteiger partial charge in [-0.05, 0) is 30.2 Å². The Morgan fingerprint density at radius 2 is 1.56 bits per heavy atom. The van der Waals surface area contributed by atoms with Crippen molar-refractivity contribution < 1.29 is 4.74 Å². The maximum absolute atomic E-state index is 5.36. The highest BCUT2D eigenvalue weighted by molar-refractivity contribution is 4.82. The number of ether oxygens (including phenoxy) is 1. The summed E-state index contributed by atoms with van der Waals surface area (Å²) in [4.78, 5) is 2.53. The van der Waals surface area contributed by atoms with Crippen molar-refractivity contribution in [2.45, 2.75) is 47.5 Å². The predicted molar refractivity (Wildman–Crippen MR) is 69.7 cm³/mol. The van der Waals surface area contributed by atoms with Crippen molar-refractivity contribution in [2.75, 3.05) is 32.8 Å². The normalized spacial score (nSPS) is 20.1. The highest BCUT2D eigenvalue weighted by Gasteiger charge is 2.32. The molecule has 96 valence electrons. The lowest BCUT2D eigenvalue weighted by molar-refractivity contribution is 0.0329. The van der Waals surface area contributed by atoms with E-state index in [4.69, 9.17) is 4.74 Å². The molecular formula is C14H29NO. The minimum absolute atomic E-state index is 0.401. The van der Waals surface area contributed by atoms with Crippen LogP contribution in [0.1, 0.15) is 47.5 Å². The van der Waals surface area contributed by atoms with E-state index in [9.17, 15) is 0 Å². The van der Waals surface area contributed by atoms with Crippen molar-refractivity contribution in [1.29, 1.82) is 0 Å². The molecule has 0 radical (unpaired) electrons. The van der Waals surface area contributed by atoms with Gasteiger partial charge in [0, 0.05) is 13.1 Å². The SMILES string of the molecule is CC(C)(C)C(C)(C)CCCN1CCOCC1. The summed E-state index contributed by atoms with van der Waals surface area (Å²) >= 11 is 0. The molecule has 0 spiro atoms. The second-order valence-electron chi connectivity index (χ2n) is 6.69. The summed E-state index contributed by atoms with van der Waals surface area (Å²) in [6, 6.07) is 0. The zero-order valence-electron chi connectivity index (χ0n) is 11.8. The lowest BCUT2D eigenvalue weighted by Gasteiger charge is -2.39. The van der Waals surface area contributed by atoms with Gasteiger partial charge in [0.05, 0.1) is 13.2 Å². The molecule has 0 aromatic heterocycles. The van der Waals surface area contributed by atoms with Crippen molar-refractivity contribution >= 4 is 0 Å². The minimum Gasteiger partial charge on any atom is -0.379 e. The second-order valence-corrected chi connectivity index (χ2v) is 6.69. The first-order chi connectivity index (χ1) is 7.33. The molecule has 0 unspecified atom stereocenters. The molecular weight excluding hydrogens is 198 g/mol. The predicted octanol–water partition coefficient (Wildman–Crippen LogP) is 3.17. The van der Waals surface area contributed by atoms with Crippen LogP contribution < -0.4 is 0 Å². The zero-order chi connectivity index (χ0) is 12.2. The fourth-order valence-electron chi connectivity index (χ4n) is 1.94. The van der Waals surface area contributed by atoms with Gasteiger partial charge in [-0.2, -0.15) is 0 Å². The van der Waals surface area contributed by atoms with Gasteiger partial charge in [0.2, 0.25) is 0 Å². The van der Waals surface area contributed by atoms with Gasteiger partial charge in [-0.15, -0.1) is 0 Å². The molecule has 0 N–H and O–H groups in total. The Morgan fingerprint density at radius 3 is 2.06 bits per heavy atom. The second kappa shape index (κ2) is 5.50. The quantitative estimate of drug-likeness (QED) is 0.731. The molecule has 16 heavy (non-hydrogen) atoms. The van der Waals surface area contributed by atoms with Crippen molar-refractivity contribution in [3.63, 3.8) is 0 Å². The third-order valence-electron chi connectivity index (χ3n) is 4.41.